The Bertz CT molecular complexity index is 910. The Kier molecular flexibility index (Phi) is 7.12. The number of ether oxygens (including phenoxy) is 3. The van der Waals surface area contributed by atoms with Crippen molar-refractivity contribution >= 4 is 29.4 Å². The molecular weight excluding hydrogens is 442 g/mol. The largest absolute Gasteiger partial charge is 0.456 e. The number of benzene rings is 1. The quantitative estimate of drug-likeness (QED) is 0.455. The number of halogens is 1. The van der Waals surface area contributed by atoms with Crippen molar-refractivity contribution < 1.29 is 28.6 Å². The van der Waals surface area contributed by atoms with Gasteiger partial charge >= 0.3 is 11.9 Å². The van der Waals surface area contributed by atoms with Crippen LogP contribution in [0.4, 0.5) is 0 Å². The molecule has 2 heterocycles. The molecule has 0 aromatic heterocycles. The molecule has 1 fully saturated rings. The Labute approximate surface area is 190 Å². The molecule has 32 heavy (non-hydrogen) atoms. The van der Waals surface area contributed by atoms with Crippen molar-refractivity contribution in [2.75, 3.05) is 13.2 Å². The van der Waals surface area contributed by atoms with Crippen LogP contribution in [0, 0.1) is 0 Å². The van der Waals surface area contributed by atoms with Crippen molar-refractivity contribution in [2.45, 2.75) is 44.4 Å². The number of nitrogens with two attached hydrogens (primary N) is 3. The van der Waals surface area contributed by atoms with Gasteiger partial charge in [0.1, 0.15) is 18.0 Å². The highest BCUT2D eigenvalue weighted by Gasteiger charge is 2.52. The van der Waals surface area contributed by atoms with Gasteiger partial charge in [0.05, 0.1) is 6.67 Å². The monoisotopic (exact) mass is 467 g/mol. The second-order valence-corrected chi connectivity index (χ2v) is 7.92. The Hall–Kier alpha value is -3.02. The summed E-state index contributed by atoms with van der Waals surface area (Å²) in [7, 11) is 0. The molecule has 0 radical (unpaired) electrons. The zero-order chi connectivity index (χ0) is 23.6. The Balaban J connectivity index is 1.87. The molecule has 3 rings (SSSR count). The van der Waals surface area contributed by atoms with Crippen LogP contribution in [0.3, 0.4) is 0 Å². The lowest BCUT2D eigenvalue weighted by atomic mass is 10.1. The average molecular weight is 468 g/mol. The van der Waals surface area contributed by atoms with Gasteiger partial charge in [-0.3, -0.25) is 14.4 Å². The van der Waals surface area contributed by atoms with E-state index in [4.69, 9.17) is 43.0 Å². The molecule has 1 unspecified atom stereocenters. The Morgan fingerprint density at radius 3 is 2.28 bits per heavy atom. The first-order chi connectivity index (χ1) is 15.1. The summed E-state index contributed by atoms with van der Waals surface area (Å²) >= 11 is 5.95. The number of carbonyl (C=O) groups is 3. The van der Waals surface area contributed by atoms with Crippen LogP contribution in [0.15, 0.2) is 36.3 Å². The van der Waals surface area contributed by atoms with Crippen LogP contribution in [-0.2, 0) is 28.6 Å². The number of rotatable bonds is 7. The highest BCUT2D eigenvalue weighted by molar-refractivity contribution is 6.30. The van der Waals surface area contributed by atoms with Crippen molar-refractivity contribution in [1.82, 2.24) is 9.80 Å². The van der Waals surface area contributed by atoms with Gasteiger partial charge < -0.3 is 41.2 Å². The summed E-state index contributed by atoms with van der Waals surface area (Å²) in [6.07, 6.45) is -1.99. The summed E-state index contributed by atoms with van der Waals surface area (Å²) in [6.45, 7) is 2.58. The number of esters is 2. The fourth-order valence-electron chi connectivity index (χ4n) is 3.89. The highest BCUT2D eigenvalue weighted by Crippen LogP contribution is 2.34. The number of nitrogens with zero attached hydrogens (tertiary/aromatic N) is 2. The van der Waals surface area contributed by atoms with Gasteiger partial charge in [-0.25, -0.2) is 0 Å². The van der Waals surface area contributed by atoms with Crippen LogP contribution in [0.1, 0.15) is 25.5 Å². The third-order valence-corrected chi connectivity index (χ3v) is 5.41. The summed E-state index contributed by atoms with van der Waals surface area (Å²) in [5.74, 6) is -1.52. The van der Waals surface area contributed by atoms with Crippen LogP contribution in [-0.4, -0.2) is 65.4 Å². The first-order valence-electron chi connectivity index (χ1n) is 9.86. The second kappa shape index (κ2) is 9.63. The lowest BCUT2D eigenvalue weighted by molar-refractivity contribution is -0.167. The smallest absolute Gasteiger partial charge is 0.303 e. The summed E-state index contributed by atoms with van der Waals surface area (Å²) in [5.41, 5.74) is 18.3. The first-order valence-corrected chi connectivity index (χ1v) is 10.2. The van der Waals surface area contributed by atoms with Crippen LogP contribution < -0.4 is 17.2 Å². The summed E-state index contributed by atoms with van der Waals surface area (Å²) in [4.78, 5) is 38.8. The molecule has 174 valence electrons. The summed E-state index contributed by atoms with van der Waals surface area (Å²) in [5, 5.41) is 0.517. The minimum Gasteiger partial charge on any atom is -0.456 e. The highest BCUT2D eigenvalue weighted by atomic mass is 35.5. The fourth-order valence-corrected chi connectivity index (χ4v) is 4.02. The van der Waals surface area contributed by atoms with E-state index in [1.54, 1.807) is 40.3 Å². The molecule has 1 saturated heterocycles. The molecule has 1 amide bonds. The van der Waals surface area contributed by atoms with Gasteiger partial charge in [-0.2, -0.15) is 0 Å². The van der Waals surface area contributed by atoms with Crippen molar-refractivity contribution in [3.8, 4) is 0 Å². The first kappa shape index (κ1) is 23.6. The van der Waals surface area contributed by atoms with E-state index in [-0.39, 0.29) is 19.0 Å². The maximum absolute atomic E-state index is 12.3. The van der Waals surface area contributed by atoms with Gasteiger partial charge in [0.25, 0.3) is 0 Å². The number of amides is 1. The molecule has 2 aliphatic rings. The predicted octanol–water partition coefficient (Wildman–Crippen LogP) is -0.254. The second-order valence-electron chi connectivity index (χ2n) is 7.48. The molecule has 1 aromatic carbocycles. The van der Waals surface area contributed by atoms with E-state index in [0.29, 0.717) is 10.6 Å². The standard InChI is InChI=1S/C20H26ClN5O6/c1-10(27)30-17-14(7-22)32-20(18(17)31-11(2)28)26-9-25(8-15(26)23)16(19(24)29)12-3-5-13(21)6-4-12/h3-6,8,14,16-18,20H,7,9,22-23H2,1-2H3,(H2,24,29)/t14-,16?,17-,18-,20-/m1/s1. The molecule has 0 bridgehead atoms. The van der Waals surface area contributed by atoms with E-state index in [0.717, 1.165) is 0 Å². The minimum atomic E-state index is -0.987. The van der Waals surface area contributed by atoms with E-state index in [9.17, 15) is 14.4 Å². The van der Waals surface area contributed by atoms with E-state index >= 15 is 0 Å². The molecule has 6 N–H and O–H groups in total. The van der Waals surface area contributed by atoms with Crippen molar-refractivity contribution in [1.29, 1.82) is 0 Å². The van der Waals surface area contributed by atoms with Gasteiger partial charge in [-0.05, 0) is 17.7 Å². The number of hydrogen-bond acceptors (Lipinski definition) is 10. The van der Waals surface area contributed by atoms with Crippen LogP contribution in [0.5, 0.6) is 0 Å². The molecule has 11 nitrogen and oxygen atoms in total. The molecule has 2 aliphatic heterocycles. The predicted molar refractivity (Wildman–Crippen MR) is 113 cm³/mol. The van der Waals surface area contributed by atoms with Crippen LogP contribution in [0.25, 0.3) is 0 Å². The van der Waals surface area contributed by atoms with Gasteiger partial charge in [0, 0.05) is 31.6 Å². The minimum absolute atomic E-state index is 0.0159. The molecule has 0 saturated carbocycles. The lowest BCUT2D eigenvalue weighted by Gasteiger charge is -2.33. The molecule has 5 atom stereocenters. The zero-order valence-corrected chi connectivity index (χ0v) is 18.4. The SMILES string of the molecule is CC(=O)O[C@@H]1[C@H](OC(C)=O)[C@@H](CN)O[C@H]1N1CN(C(C(N)=O)c2ccc(Cl)cc2)C=C1N. The van der Waals surface area contributed by atoms with E-state index in [2.05, 4.69) is 0 Å². The molecule has 0 aliphatic carbocycles. The van der Waals surface area contributed by atoms with E-state index in [1.165, 1.54) is 13.8 Å². The molecule has 0 spiro atoms. The Morgan fingerprint density at radius 2 is 1.75 bits per heavy atom. The third kappa shape index (κ3) is 4.90. The van der Waals surface area contributed by atoms with Gasteiger partial charge in [0.2, 0.25) is 5.91 Å². The van der Waals surface area contributed by atoms with E-state index in [1.807, 2.05) is 0 Å². The van der Waals surface area contributed by atoms with Gasteiger partial charge in [-0.1, -0.05) is 23.7 Å². The molecular formula is C20H26ClN5O6. The normalized spacial score (nSPS) is 25.9. The number of hydrogen-bond donors (Lipinski definition) is 3. The molecule has 1 aromatic rings. The third-order valence-electron chi connectivity index (χ3n) is 5.16. The van der Waals surface area contributed by atoms with Gasteiger partial charge in [0.15, 0.2) is 18.4 Å². The molecule has 12 heteroatoms. The summed E-state index contributed by atoms with van der Waals surface area (Å²) < 4.78 is 16.7. The topological polar surface area (TPSA) is 163 Å². The van der Waals surface area contributed by atoms with Crippen LogP contribution >= 0.6 is 11.6 Å². The fraction of sp³-hybridized carbons (Fsp3) is 0.450. The zero-order valence-electron chi connectivity index (χ0n) is 17.6. The lowest BCUT2D eigenvalue weighted by Crippen LogP contribution is -2.49. The summed E-state index contributed by atoms with van der Waals surface area (Å²) in [6, 6.07) is 5.86. The van der Waals surface area contributed by atoms with Crippen molar-refractivity contribution in [2.24, 2.45) is 17.2 Å². The number of primary amides is 1. The number of carbonyl (C=O) groups excluding carboxylic acids is 3. The maximum Gasteiger partial charge on any atom is 0.303 e. The van der Waals surface area contributed by atoms with Crippen molar-refractivity contribution in [3.63, 3.8) is 0 Å². The average Bonchev–Trinajstić information content (AvgIpc) is 3.23. The van der Waals surface area contributed by atoms with E-state index < -0.39 is 48.4 Å². The van der Waals surface area contributed by atoms with Gasteiger partial charge in [-0.15, -0.1) is 0 Å². The van der Waals surface area contributed by atoms with Crippen molar-refractivity contribution in [3.05, 3.63) is 46.9 Å². The maximum atomic E-state index is 12.3. The van der Waals surface area contributed by atoms with Crippen LogP contribution in [0.2, 0.25) is 5.02 Å². The Morgan fingerprint density at radius 1 is 1.16 bits per heavy atom.